The van der Waals surface area contributed by atoms with E-state index >= 15 is 0 Å². The van der Waals surface area contributed by atoms with E-state index in [1.54, 1.807) is 36.3 Å². The van der Waals surface area contributed by atoms with Gasteiger partial charge in [0.2, 0.25) is 0 Å². The van der Waals surface area contributed by atoms with Crippen molar-refractivity contribution in [2.75, 3.05) is 0 Å². The SMILES string of the molecule is Fc1ccc(-n2c(SCc3cccnc3)nc3cccnc32)cc1. The lowest BCUT2D eigenvalue weighted by Gasteiger charge is -2.08. The third-order valence-corrected chi connectivity index (χ3v) is 4.57. The highest BCUT2D eigenvalue weighted by Gasteiger charge is 2.14. The fraction of sp³-hybridized carbons (Fsp3) is 0.0556. The Bertz CT molecular complexity index is 967. The fourth-order valence-corrected chi connectivity index (χ4v) is 3.39. The van der Waals surface area contributed by atoms with Gasteiger partial charge in [-0.15, -0.1) is 0 Å². The maximum absolute atomic E-state index is 13.3. The van der Waals surface area contributed by atoms with E-state index in [4.69, 9.17) is 0 Å². The summed E-state index contributed by atoms with van der Waals surface area (Å²) in [4.78, 5) is 13.2. The number of halogens is 1. The van der Waals surface area contributed by atoms with Crippen LogP contribution in [0.2, 0.25) is 0 Å². The molecule has 0 aliphatic rings. The van der Waals surface area contributed by atoms with E-state index in [2.05, 4.69) is 15.0 Å². The smallest absolute Gasteiger partial charge is 0.175 e. The van der Waals surface area contributed by atoms with Gasteiger partial charge < -0.3 is 0 Å². The lowest BCUT2D eigenvalue weighted by atomic mass is 10.3. The van der Waals surface area contributed by atoms with Crippen LogP contribution < -0.4 is 0 Å². The monoisotopic (exact) mass is 336 g/mol. The predicted octanol–water partition coefficient (Wildman–Crippen LogP) is 4.25. The number of benzene rings is 1. The summed E-state index contributed by atoms with van der Waals surface area (Å²) in [5.41, 5.74) is 3.53. The van der Waals surface area contributed by atoms with E-state index in [0.29, 0.717) is 0 Å². The Balaban J connectivity index is 1.76. The summed E-state index contributed by atoms with van der Waals surface area (Å²) in [7, 11) is 0. The second-order valence-electron chi connectivity index (χ2n) is 5.20. The van der Waals surface area contributed by atoms with Crippen molar-refractivity contribution in [2.45, 2.75) is 10.9 Å². The number of aromatic nitrogens is 4. The zero-order chi connectivity index (χ0) is 16.4. The second-order valence-corrected chi connectivity index (χ2v) is 6.14. The lowest BCUT2D eigenvalue weighted by molar-refractivity contribution is 0.627. The first-order chi connectivity index (χ1) is 11.8. The Morgan fingerprint density at radius 3 is 2.62 bits per heavy atom. The lowest BCUT2D eigenvalue weighted by Crippen LogP contribution is -1.98. The van der Waals surface area contributed by atoms with Crippen LogP contribution >= 0.6 is 11.8 Å². The van der Waals surface area contributed by atoms with Crippen molar-refractivity contribution in [3.05, 3.63) is 78.5 Å². The first-order valence-corrected chi connectivity index (χ1v) is 8.41. The predicted molar refractivity (Wildman–Crippen MR) is 92.6 cm³/mol. The van der Waals surface area contributed by atoms with Crippen LogP contribution in [0.5, 0.6) is 0 Å². The summed E-state index contributed by atoms with van der Waals surface area (Å²) in [6.07, 6.45) is 5.33. The van der Waals surface area contributed by atoms with E-state index in [-0.39, 0.29) is 5.82 Å². The average Bonchev–Trinajstić information content (AvgIpc) is 3.00. The summed E-state index contributed by atoms with van der Waals surface area (Å²) in [6, 6.07) is 14.1. The largest absolute Gasteiger partial charge is 0.272 e. The number of rotatable bonds is 4. The van der Waals surface area contributed by atoms with Gasteiger partial charge in [-0.1, -0.05) is 17.8 Å². The Morgan fingerprint density at radius 1 is 1.00 bits per heavy atom. The number of nitrogens with zero attached hydrogens (tertiary/aromatic N) is 4. The molecule has 0 saturated heterocycles. The molecule has 3 heterocycles. The van der Waals surface area contributed by atoms with E-state index in [9.17, 15) is 4.39 Å². The molecule has 0 aliphatic heterocycles. The van der Waals surface area contributed by atoms with Gasteiger partial charge in [0.15, 0.2) is 10.8 Å². The Labute approximate surface area is 142 Å². The van der Waals surface area contributed by atoms with Gasteiger partial charge in [0, 0.05) is 30.0 Å². The van der Waals surface area contributed by atoms with Crippen molar-refractivity contribution < 1.29 is 4.39 Å². The van der Waals surface area contributed by atoms with Crippen LogP contribution in [0.1, 0.15) is 5.56 Å². The highest BCUT2D eigenvalue weighted by molar-refractivity contribution is 7.98. The first-order valence-electron chi connectivity index (χ1n) is 7.42. The molecule has 0 spiro atoms. The Kier molecular flexibility index (Phi) is 3.96. The molecule has 0 aliphatic carbocycles. The molecule has 0 amide bonds. The normalized spacial score (nSPS) is 11.0. The molecule has 24 heavy (non-hydrogen) atoms. The zero-order valence-corrected chi connectivity index (χ0v) is 13.4. The van der Waals surface area contributed by atoms with Crippen LogP contribution in [0, 0.1) is 5.82 Å². The molecule has 118 valence electrons. The number of fused-ring (bicyclic) bond motifs is 1. The van der Waals surface area contributed by atoms with Gasteiger partial charge in [-0.3, -0.25) is 9.55 Å². The van der Waals surface area contributed by atoms with E-state index < -0.39 is 0 Å². The minimum atomic E-state index is -0.263. The van der Waals surface area contributed by atoms with Crippen molar-refractivity contribution in [3.63, 3.8) is 0 Å². The van der Waals surface area contributed by atoms with E-state index in [0.717, 1.165) is 33.3 Å². The topological polar surface area (TPSA) is 43.6 Å². The van der Waals surface area contributed by atoms with Crippen molar-refractivity contribution in [1.82, 2.24) is 19.5 Å². The van der Waals surface area contributed by atoms with Crippen LogP contribution in [0.25, 0.3) is 16.9 Å². The molecule has 1 aromatic carbocycles. The standard InChI is InChI=1S/C18H13FN4S/c19-14-5-7-15(8-6-14)23-17-16(4-2-10-21-17)22-18(23)24-12-13-3-1-9-20-11-13/h1-11H,12H2. The van der Waals surface area contributed by atoms with Gasteiger partial charge >= 0.3 is 0 Å². The number of pyridine rings is 2. The third kappa shape index (κ3) is 2.88. The van der Waals surface area contributed by atoms with Gasteiger partial charge in [0.05, 0.1) is 0 Å². The van der Waals surface area contributed by atoms with Crippen LogP contribution in [0.4, 0.5) is 4.39 Å². The molecule has 0 N–H and O–H groups in total. The average molecular weight is 336 g/mol. The summed E-state index contributed by atoms with van der Waals surface area (Å²) in [5, 5.41) is 0.819. The van der Waals surface area contributed by atoms with Crippen LogP contribution in [-0.2, 0) is 5.75 Å². The molecule has 0 unspecified atom stereocenters. The maximum Gasteiger partial charge on any atom is 0.175 e. The molecule has 4 rings (SSSR count). The molecule has 0 bridgehead atoms. The molecule has 0 atom stereocenters. The van der Waals surface area contributed by atoms with Gasteiger partial charge in [0.1, 0.15) is 11.3 Å². The molecule has 0 fully saturated rings. The van der Waals surface area contributed by atoms with Crippen LogP contribution in [0.15, 0.2) is 72.3 Å². The first kappa shape index (κ1) is 14.8. The molecule has 0 radical (unpaired) electrons. The van der Waals surface area contributed by atoms with Gasteiger partial charge in [0.25, 0.3) is 0 Å². The summed E-state index contributed by atoms with van der Waals surface area (Å²) in [6.45, 7) is 0. The molecular weight excluding hydrogens is 323 g/mol. The summed E-state index contributed by atoms with van der Waals surface area (Å²) in [5.74, 6) is 0.485. The molecule has 6 heteroatoms. The number of hydrogen-bond donors (Lipinski definition) is 0. The third-order valence-electron chi connectivity index (χ3n) is 3.56. The second kappa shape index (κ2) is 6.41. The maximum atomic E-state index is 13.3. The zero-order valence-electron chi connectivity index (χ0n) is 12.6. The van der Waals surface area contributed by atoms with E-state index in [1.807, 2.05) is 35.0 Å². The van der Waals surface area contributed by atoms with Gasteiger partial charge in [-0.25, -0.2) is 14.4 Å². The minimum Gasteiger partial charge on any atom is -0.272 e. The molecule has 3 aromatic heterocycles. The van der Waals surface area contributed by atoms with Gasteiger partial charge in [-0.2, -0.15) is 0 Å². The fourth-order valence-electron chi connectivity index (χ4n) is 2.44. The summed E-state index contributed by atoms with van der Waals surface area (Å²) >= 11 is 1.60. The van der Waals surface area contributed by atoms with Crippen molar-refractivity contribution >= 4 is 22.9 Å². The number of thioether (sulfide) groups is 1. The quantitative estimate of drug-likeness (QED) is 0.523. The highest BCUT2D eigenvalue weighted by Crippen LogP contribution is 2.28. The summed E-state index contributed by atoms with van der Waals surface area (Å²) < 4.78 is 15.2. The van der Waals surface area contributed by atoms with Crippen molar-refractivity contribution in [2.24, 2.45) is 0 Å². The van der Waals surface area contributed by atoms with Crippen molar-refractivity contribution in [3.8, 4) is 5.69 Å². The molecule has 0 saturated carbocycles. The Morgan fingerprint density at radius 2 is 1.83 bits per heavy atom. The minimum absolute atomic E-state index is 0.263. The molecular formula is C18H13FN4S. The molecule has 4 nitrogen and oxygen atoms in total. The van der Waals surface area contributed by atoms with Gasteiger partial charge in [-0.05, 0) is 48.0 Å². The number of imidazole rings is 1. The van der Waals surface area contributed by atoms with Crippen LogP contribution in [-0.4, -0.2) is 19.5 Å². The molecule has 4 aromatic rings. The van der Waals surface area contributed by atoms with Crippen LogP contribution in [0.3, 0.4) is 0 Å². The van der Waals surface area contributed by atoms with E-state index in [1.165, 1.54) is 12.1 Å². The van der Waals surface area contributed by atoms with Crippen molar-refractivity contribution in [1.29, 1.82) is 0 Å². The number of hydrogen-bond acceptors (Lipinski definition) is 4. The Hall–Kier alpha value is -2.73. The highest BCUT2D eigenvalue weighted by atomic mass is 32.2.